The van der Waals surface area contributed by atoms with Gasteiger partial charge in [-0.2, -0.15) is 0 Å². The number of rotatable bonds is 6. The lowest BCUT2D eigenvalue weighted by atomic mass is 10.0. The highest BCUT2D eigenvalue weighted by atomic mass is 32.2. The van der Waals surface area contributed by atoms with Crippen molar-refractivity contribution in [1.82, 2.24) is 0 Å². The lowest BCUT2D eigenvalue weighted by molar-refractivity contribution is 0.0740. The van der Waals surface area contributed by atoms with Crippen LogP contribution in [0.5, 0.6) is 5.75 Å². The van der Waals surface area contributed by atoms with E-state index in [1.807, 2.05) is 38.1 Å². The number of carbonyl (C=O) groups excluding carboxylic acids is 1. The number of sulfonamides is 1. The molecule has 1 fully saturated rings. The van der Waals surface area contributed by atoms with Crippen LogP contribution in [0.2, 0.25) is 0 Å². The Morgan fingerprint density at radius 2 is 1.73 bits per heavy atom. The second kappa shape index (κ2) is 7.98. The zero-order valence-corrected chi connectivity index (χ0v) is 18.5. The molecule has 0 spiro atoms. The van der Waals surface area contributed by atoms with Crippen LogP contribution in [0.25, 0.3) is 11.1 Å². The Morgan fingerprint density at radius 1 is 1.10 bits per heavy atom. The lowest BCUT2D eigenvalue weighted by Crippen LogP contribution is -2.12. The number of thiophene rings is 1. The largest absolute Gasteiger partial charge is 0.422 e. The summed E-state index contributed by atoms with van der Waals surface area (Å²) in [6, 6.07) is 14.0. The van der Waals surface area contributed by atoms with Gasteiger partial charge < -0.3 is 4.74 Å². The van der Waals surface area contributed by atoms with Gasteiger partial charge in [0.05, 0.1) is 4.90 Å². The smallest absolute Gasteiger partial charge is 0.354 e. The van der Waals surface area contributed by atoms with Crippen molar-refractivity contribution in [1.29, 1.82) is 0 Å². The van der Waals surface area contributed by atoms with Gasteiger partial charge in [0, 0.05) is 10.4 Å². The minimum Gasteiger partial charge on any atom is -0.422 e. The summed E-state index contributed by atoms with van der Waals surface area (Å²) < 4.78 is 28.8. The molecule has 1 aromatic heterocycles. The van der Waals surface area contributed by atoms with E-state index < -0.39 is 16.0 Å². The van der Waals surface area contributed by atoms with Crippen molar-refractivity contribution in [3.63, 3.8) is 0 Å². The number of benzene rings is 2. The molecular weight excluding hydrogens is 418 g/mol. The van der Waals surface area contributed by atoms with Crippen LogP contribution in [-0.4, -0.2) is 14.4 Å². The number of nitrogens with two attached hydrogens (primary N) is 1. The van der Waals surface area contributed by atoms with Crippen LogP contribution in [0, 0.1) is 6.92 Å². The van der Waals surface area contributed by atoms with Crippen LogP contribution >= 0.6 is 11.3 Å². The molecule has 1 heterocycles. The molecule has 2 aromatic carbocycles. The van der Waals surface area contributed by atoms with Crippen LogP contribution in [0.1, 0.15) is 51.4 Å². The number of carbonyl (C=O) groups is 1. The Bertz CT molecular complexity index is 1190. The van der Waals surface area contributed by atoms with Crippen molar-refractivity contribution in [2.24, 2.45) is 5.14 Å². The van der Waals surface area contributed by atoms with E-state index in [9.17, 15) is 13.2 Å². The number of hydrogen-bond donors (Lipinski definition) is 1. The molecule has 2 N–H and O–H groups in total. The molecule has 1 aliphatic rings. The molecule has 0 radical (unpaired) electrons. The van der Waals surface area contributed by atoms with Crippen molar-refractivity contribution in [3.8, 4) is 16.9 Å². The topological polar surface area (TPSA) is 86.5 Å². The van der Waals surface area contributed by atoms with Gasteiger partial charge in [-0.15, -0.1) is 11.3 Å². The van der Waals surface area contributed by atoms with Crippen LogP contribution in [0.4, 0.5) is 0 Å². The molecule has 1 aliphatic carbocycles. The third-order valence-electron chi connectivity index (χ3n) is 5.36. The summed E-state index contributed by atoms with van der Waals surface area (Å²) in [5.74, 6) is 0.755. The summed E-state index contributed by atoms with van der Waals surface area (Å²) in [5, 5.41) is 5.20. The number of aryl methyl sites for hydroxylation is 1. The number of esters is 1. The first-order valence-corrected chi connectivity index (χ1v) is 12.2. The molecule has 0 bridgehead atoms. The lowest BCUT2D eigenvalue weighted by Gasteiger charge is -2.08. The molecular formula is C23H23NO4S2. The van der Waals surface area contributed by atoms with E-state index in [1.165, 1.54) is 41.9 Å². The van der Waals surface area contributed by atoms with Crippen molar-refractivity contribution in [2.45, 2.75) is 43.9 Å². The van der Waals surface area contributed by atoms with Crippen LogP contribution in [0.3, 0.4) is 0 Å². The van der Waals surface area contributed by atoms with Gasteiger partial charge >= 0.3 is 5.97 Å². The van der Waals surface area contributed by atoms with E-state index in [1.54, 1.807) is 12.1 Å². The molecule has 0 saturated heterocycles. The van der Waals surface area contributed by atoms with Crippen molar-refractivity contribution in [3.05, 3.63) is 69.4 Å². The standard InChI is InChI=1S/C23H23NO4S2/c1-3-20-14(2)21(17-8-12-19(13-9-17)30(24,26)27)22(29-20)23(25)28-18-10-6-16(7-11-18)15-4-5-15/h6-13,15H,3-5H2,1-2H3,(H2,24,26,27). The molecule has 5 nitrogen and oxygen atoms in total. The van der Waals surface area contributed by atoms with Gasteiger partial charge in [0.25, 0.3) is 0 Å². The normalized spacial score (nSPS) is 14.0. The predicted molar refractivity (Wildman–Crippen MR) is 119 cm³/mol. The van der Waals surface area contributed by atoms with Crippen LogP contribution < -0.4 is 9.88 Å². The molecule has 1 saturated carbocycles. The maximum Gasteiger partial charge on any atom is 0.354 e. The first-order valence-electron chi connectivity index (χ1n) is 9.85. The summed E-state index contributed by atoms with van der Waals surface area (Å²) in [4.78, 5) is 14.7. The summed E-state index contributed by atoms with van der Waals surface area (Å²) in [7, 11) is -3.77. The van der Waals surface area contributed by atoms with Gasteiger partial charge in [0.1, 0.15) is 10.6 Å². The molecule has 4 rings (SSSR count). The number of hydrogen-bond acceptors (Lipinski definition) is 5. The highest BCUT2D eigenvalue weighted by Gasteiger charge is 2.25. The van der Waals surface area contributed by atoms with E-state index in [-0.39, 0.29) is 4.90 Å². The first-order chi connectivity index (χ1) is 14.3. The monoisotopic (exact) mass is 441 g/mol. The van der Waals surface area contributed by atoms with E-state index in [0.717, 1.165) is 28.0 Å². The minimum atomic E-state index is -3.77. The molecule has 7 heteroatoms. The fourth-order valence-electron chi connectivity index (χ4n) is 3.58. The molecule has 0 amide bonds. The minimum absolute atomic E-state index is 0.0368. The Labute approximate surface area is 180 Å². The van der Waals surface area contributed by atoms with Crippen molar-refractivity contribution >= 4 is 27.3 Å². The Hall–Kier alpha value is -2.48. The van der Waals surface area contributed by atoms with E-state index >= 15 is 0 Å². The molecule has 30 heavy (non-hydrogen) atoms. The third kappa shape index (κ3) is 4.19. The fraction of sp³-hybridized carbons (Fsp3) is 0.261. The van der Waals surface area contributed by atoms with Gasteiger partial charge in [0.2, 0.25) is 10.0 Å². The zero-order chi connectivity index (χ0) is 21.5. The molecule has 0 unspecified atom stereocenters. The third-order valence-corrected chi connectivity index (χ3v) is 7.71. The number of primary sulfonamides is 1. The van der Waals surface area contributed by atoms with Crippen molar-refractivity contribution < 1.29 is 17.9 Å². The fourth-order valence-corrected chi connectivity index (χ4v) is 5.24. The average molecular weight is 442 g/mol. The van der Waals surface area contributed by atoms with Gasteiger partial charge in [-0.05, 0) is 73.1 Å². The summed E-state index contributed by atoms with van der Waals surface area (Å²) in [6.45, 7) is 4.01. The highest BCUT2D eigenvalue weighted by Crippen LogP contribution is 2.41. The predicted octanol–water partition coefficient (Wildman–Crippen LogP) is 5.03. The molecule has 3 aromatic rings. The number of ether oxygens (including phenoxy) is 1. The SMILES string of the molecule is CCc1sc(C(=O)Oc2ccc(C3CC3)cc2)c(-c2ccc(S(N)(=O)=O)cc2)c1C. The van der Waals surface area contributed by atoms with E-state index in [2.05, 4.69) is 0 Å². The summed E-state index contributed by atoms with van der Waals surface area (Å²) in [5.41, 5.74) is 3.82. The summed E-state index contributed by atoms with van der Waals surface area (Å²) >= 11 is 1.42. The Morgan fingerprint density at radius 3 is 2.27 bits per heavy atom. The Kier molecular flexibility index (Phi) is 5.53. The maximum absolute atomic E-state index is 13.0. The van der Waals surface area contributed by atoms with Gasteiger partial charge in [-0.1, -0.05) is 31.2 Å². The summed E-state index contributed by atoms with van der Waals surface area (Å²) in [6.07, 6.45) is 3.24. The highest BCUT2D eigenvalue weighted by molar-refractivity contribution is 7.89. The maximum atomic E-state index is 13.0. The second-order valence-corrected chi connectivity index (χ2v) is 10.2. The molecule has 0 atom stereocenters. The quantitative estimate of drug-likeness (QED) is 0.429. The van der Waals surface area contributed by atoms with Crippen LogP contribution in [-0.2, 0) is 16.4 Å². The molecule has 156 valence electrons. The van der Waals surface area contributed by atoms with Gasteiger partial charge in [0.15, 0.2) is 0 Å². The van der Waals surface area contributed by atoms with Gasteiger partial charge in [-0.25, -0.2) is 18.4 Å². The second-order valence-electron chi connectivity index (χ2n) is 7.51. The van der Waals surface area contributed by atoms with E-state index in [4.69, 9.17) is 9.88 Å². The van der Waals surface area contributed by atoms with Gasteiger partial charge in [-0.3, -0.25) is 0 Å². The Balaban J connectivity index is 1.66. The average Bonchev–Trinajstić information content (AvgIpc) is 3.51. The zero-order valence-electron chi connectivity index (χ0n) is 16.8. The molecule has 0 aliphatic heterocycles. The van der Waals surface area contributed by atoms with Crippen molar-refractivity contribution in [2.75, 3.05) is 0 Å². The first kappa shape index (κ1) is 20.8. The van der Waals surface area contributed by atoms with E-state index in [0.29, 0.717) is 16.5 Å². The van der Waals surface area contributed by atoms with Crippen LogP contribution in [0.15, 0.2) is 53.4 Å².